The van der Waals surface area contributed by atoms with Crippen molar-refractivity contribution in [2.24, 2.45) is 0 Å². The van der Waals surface area contributed by atoms with Crippen LogP contribution in [0.2, 0.25) is 0 Å². The first-order valence-electron chi connectivity index (χ1n) is 6.07. The van der Waals surface area contributed by atoms with Crippen LogP contribution >= 0.6 is 11.3 Å². The number of hydrogen-bond donors (Lipinski definition) is 0. The lowest BCUT2D eigenvalue weighted by atomic mass is 10.1. The van der Waals surface area contributed by atoms with Gasteiger partial charge in [-0.3, -0.25) is 19.5 Å². The number of aryl methyl sites for hydroxylation is 1. The van der Waals surface area contributed by atoms with E-state index >= 15 is 0 Å². The number of amides is 1. The minimum atomic E-state index is -0.448. The van der Waals surface area contributed by atoms with Gasteiger partial charge in [-0.2, -0.15) is 0 Å². The maximum absolute atomic E-state index is 12.0. The number of fused-ring (bicyclic) bond motifs is 1. The molecule has 2 aromatic rings. The maximum Gasteiger partial charge on any atom is 0.299 e. The molecule has 0 bridgehead atoms. The monoisotopic (exact) mass is 272 g/mol. The SMILES string of the molecule is CCc1ccc2c(c1)C(=O)C(=O)N2Cc1cncs1. The lowest BCUT2D eigenvalue weighted by molar-refractivity contribution is -0.114. The number of nitrogens with zero attached hydrogens (tertiary/aromatic N) is 2. The van der Waals surface area contributed by atoms with E-state index in [1.165, 1.54) is 16.2 Å². The smallest absolute Gasteiger partial charge is 0.299 e. The summed E-state index contributed by atoms with van der Waals surface area (Å²) in [6.45, 7) is 2.44. The third-order valence-corrected chi connectivity index (χ3v) is 4.01. The highest BCUT2D eigenvalue weighted by Gasteiger charge is 2.35. The zero-order chi connectivity index (χ0) is 13.4. The second-order valence-corrected chi connectivity index (χ2v) is 5.36. The van der Waals surface area contributed by atoms with Crippen LogP contribution in [0.5, 0.6) is 0 Å². The molecule has 0 radical (unpaired) electrons. The molecule has 0 aliphatic carbocycles. The molecule has 4 nitrogen and oxygen atoms in total. The van der Waals surface area contributed by atoms with Crippen molar-refractivity contribution in [2.45, 2.75) is 19.9 Å². The van der Waals surface area contributed by atoms with E-state index in [-0.39, 0.29) is 0 Å². The molecule has 96 valence electrons. The number of hydrogen-bond acceptors (Lipinski definition) is 4. The maximum atomic E-state index is 12.0. The van der Waals surface area contributed by atoms with Crippen molar-refractivity contribution >= 4 is 28.7 Å². The van der Waals surface area contributed by atoms with E-state index < -0.39 is 11.7 Å². The molecule has 0 spiro atoms. The van der Waals surface area contributed by atoms with E-state index in [0.717, 1.165) is 16.9 Å². The van der Waals surface area contributed by atoms with Crippen LogP contribution in [0.25, 0.3) is 0 Å². The highest BCUT2D eigenvalue weighted by Crippen LogP contribution is 2.31. The Labute approximate surface area is 114 Å². The van der Waals surface area contributed by atoms with Crippen LogP contribution in [0.3, 0.4) is 0 Å². The van der Waals surface area contributed by atoms with Crippen molar-refractivity contribution in [1.82, 2.24) is 4.98 Å². The van der Waals surface area contributed by atoms with Gasteiger partial charge in [-0.05, 0) is 24.1 Å². The summed E-state index contributed by atoms with van der Waals surface area (Å²) in [5.74, 6) is -0.855. The Morgan fingerprint density at radius 3 is 2.84 bits per heavy atom. The average molecular weight is 272 g/mol. The Morgan fingerprint density at radius 2 is 2.16 bits per heavy atom. The van der Waals surface area contributed by atoms with Crippen LogP contribution in [-0.4, -0.2) is 16.7 Å². The minimum Gasteiger partial charge on any atom is -0.299 e. The Kier molecular flexibility index (Phi) is 2.91. The number of aromatic nitrogens is 1. The normalized spacial score (nSPS) is 14.1. The van der Waals surface area contributed by atoms with Gasteiger partial charge in [0, 0.05) is 11.1 Å². The van der Waals surface area contributed by atoms with Crippen molar-refractivity contribution < 1.29 is 9.59 Å². The zero-order valence-corrected chi connectivity index (χ0v) is 11.2. The minimum absolute atomic E-state index is 0.408. The fraction of sp³-hybridized carbons (Fsp3) is 0.214. The molecule has 0 fully saturated rings. The van der Waals surface area contributed by atoms with Gasteiger partial charge in [-0.15, -0.1) is 11.3 Å². The van der Waals surface area contributed by atoms with Gasteiger partial charge in [0.2, 0.25) is 0 Å². The number of ketones is 1. The van der Waals surface area contributed by atoms with Crippen LogP contribution in [0, 0.1) is 0 Å². The summed E-state index contributed by atoms with van der Waals surface area (Å²) in [7, 11) is 0. The predicted octanol–water partition coefficient (Wildman–Crippen LogP) is 2.44. The summed E-state index contributed by atoms with van der Waals surface area (Å²) in [6, 6.07) is 5.64. The molecule has 19 heavy (non-hydrogen) atoms. The summed E-state index contributed by atoms with van der Waals surface area (Å²) in [5.41, 5.74) is 4.02. The third-order valence-electron chi connectivity index (χ3n) is 3.24. The Hall–Kier alpha value is -2.01. The fourth-order valence-electron chi connectivity index (χ4n) is 2.20. The molecule has 0 atom stereocenters. The van der Waals surface area contributed by atoms with E-state index in [4.69, 9.17) is 0 Å². The molecule has 0 saturated carbocycles. The van der Waals surface area contributed by atoms with Crippen molar-refractivity contribution in [3.63, 3.8) is 0 Å². The van der Waals surface area contributed by atoms with Crippen LogP contribution in [-0.2, 0) is 17.8 Å². The molecule has 5 heteroatoms. The standard InChI is InChI=1S/C14H12N2O2S/c1-2-9-3-4-12-11(5-9)13(17)14(18)16(12)7-10-6-15-8-19-10/h3-6,8H,2,7H2,1H3. The third kappa shape index (κ3) is 1.96. The molecule has 1 aliphatic rings. The van der Waals surface area contributed by atoms with Crippen LogP contribution in [0.4, 0.5) is 5.69 Å². The number of benzene rings is 1. The summed E-state index contributed by atoms with van der Waals surface area (Å²) < 4.78 is 0. The largest absolute Gasteiger partial charge is 0.299 e. The van der Waals surface area contributed by atoms with Crippen molar-refractivity contribution in [3.05, 3.63) is 45.9 Å². The van der Waals surface area contributed by atoms with Crippen LogP contribution in [0.15, 0.2) is 29.9 Å². The molecule has 3 rings (SSSR count). The number of carbonyl (C=O) groups is 2. The van der Waals surface area contributed by atoms with E-state index in [2.05, 4.69) is 4.98 Å². The Balaban J connectivity index is 2.00. The summed E-state index contributed by atoms with van der Waals surface area (Å²) >= 11 is 1.48. The fourth-order valence-corrected chi connectivity index (χ4v) is 2.78. The Morgan fingerprint density at radius 1 is 1.32 bits per heavy atom. The van der Waals surface area contributed by atoms with Crippen molar-refractivity contribution in [1.29, 1.82) is 0 Å². The summed E-state index contributed by atoms with van der Waals surface area (Å²) in [5, 5.41) is 0. The molecule has 2 heterocycles. The molecule has 1 aromatic carbocycles. The highest BCUT2D eigenvalue weighted by molar-refractivity contribution is 7.09. The topological polar surface area (TPSA) is 50.3 Å². The highest BCUT2D eigenvalue weighted by atomic mass is 32.1. The number of Topliss-reactive ketones (excluding diaryl/α,β-unsaturated/α-hetero) is 1. The molecule has 1 aromatic heterocycles. The van der Waals surface area contributed by atoms with E-state index in [1.807, 2.05) is 25.1 Å². The van der Waals surface area contributed by atoms with Crippen molar-refractivity contribution in [3.8, 4) is 0 Å². The summed E-state index contributed by atoms with van der Waals surface area (Å²) in [4.78, 5) is 30.5. The molecule has 0 unspecified atom stereocenters. The predicted molar refractivity (Wildman–Crippen MR) is 73.5 cm³/mol. The number of thiazole rings is 1. The van der Waals surface area contributed by atoms with Gasteiger partial charge in [0.15, 0.2) is 0 Å². The second kappa shape index (κ2) is 4.59. The number of anilines is 1. The van der Waals surface area contributed by atoms with Crippen LogP contribution < -0.4 is 4.90 Å². The lowest BCUT2D eigenvalue weighted by Gasteiger charge is -2.15. The molecular formula is C14H12N2O2S. The Bertz CT molecular complexity index is 649. The van der Waals surface area contributed by atoms with Gasteiger partial charge in [-0.1, -0.05) is 13.0 Å². The van der Waals surface area contributed by atoms with Crippen LogP contribution in [0.1, 0.15) is 27.7 Å². The molecule has 0 saturated heterocycles. The van der Waals surface area contributed by atoms with E-state index in [0.29, 0.717) is 17.8 Å². The van der Waals surface area contributed by atoms with Gasteiger partial charge in [-0.25, -0.2) is 0 Å². The number of rotatable bonds is 3. The lowest BCUT2D eigenvalue weighted by Crippen LogP contribution is -2.28. The second-order valence-electron chi connectivity index (χ2n) is 4.39. The van der Waals surface area contributed by atoms with Gasteiger partial charge in [0.25, 0.3) is 11.7 Å². The number of carbonyl (C=O) groups excluding carboxylic acids is 2. The molecule has 1 amide bonds. The summed E-state index contributed by atoms with van der Waals surface area (Å²) in [6.07, 6.45) is 2.57. The van der Waals surface area contributed by atoms with Gasteiger partial charge < -0.3 is 0 Å². The van der Waals surface area contributed by atoms with Crippen molar-refractivity contribution in [2.75, 3.05) is 4.90 Å². The molecule has 1 aliphatic heterocycles. The van der Waals surface area contributed by atoms with E-state index in [1.54, 1.807) is 11.7 Å². The van der Waals surface area contributed by atoms with Gasteiger partial charge in [0.05, 0.1) is 23.3 Å². The molecule has 0 N–H and O–H groups in total. The first kappa shape index (κ1) is 12.0. The molecular weight excluding hydrogens is 260 g/mol. The first-order chi connectivity index (χ1) is 9.20. The van der Waals surface area contributed by atoms with Gasteiger partial charge >= 0.3 is 0 Å². The quantitative estimate of drug-likeness (QED) is 0.806. The zero-order valence-electron chi connectivity index (χ0n) is 10.4. The first-order valence-corrected chi connectivity index (χ1v) is 6.95. The average Bonchev–Trinajstić information content (AvgIpc) is 3.02. The van der Waals surface area contributed by atoms with Gasteiger partial charge in [0.1, 0.15) is 0 Å². The van der Waals surface area contributed by atoms with E-state index in [9.17, 15) is 9.59 Å².